The molecule has 2 fully saturated rings. The largest absolute Gasteiger partial charge is 0.484 e. The van der Waals surface area contributed by atoms with Crippen LogP contribution in [0.4, 0.5) is 4.79 Å². The summed E-state index contributed by atoms with van der Waals surface area (Å²) in [5.74, 6) is 1.40. The van der Waals surface area contributed by atoms with Crippen LogP contribution in [0.2, 0.25) is 0 Å². The van der Waals surface area contributed by atoms with Crippen molar-refractivity contribution in [3.8, 4) is 5.75 Å². The number of ether oxygens (including phenoxy) is 2. The van der Waals surface area contributed by atoms with E-state index in [1.165, 1.54) is 5.56 Å². The molecule has 1 aliphatic carbocycles. The van der Waals surface area contributed by atoms with Crippen molar-refractivity contribution in [2.24, 2.45) is 4.99 Å². The van der Waals surface area contributed by atoms with E-state index >= 15 is 0 Å². The van der Waals surface area contributed by atoms with Crippen LogP contribution in [0.1, 0.15) is 38.2 Å². The Morgan fingerprint density at radius 2 is 1.75 bits per heavy atom. The first-order valence-electron chi connectivity index (χ1n) is 11.5. The first-order valence-corrected chi connectivity index (χ1v) is 11.5. The molecule has 3 N–H and O–H groups in total. The van der Waals surface area contributed by atoms with Crippen LogP contribution >= 0.6 is 0 Å². The van der Waals surface area contributed by atoms with Crippen molar-refractivity contribution in [2.75, 3.05) is 39.9 Å². The molecule has 0 radical (unpaired) electrons. The van der Waals surface area contributed by atoms with E-state index in [4.69, 9.17) is 9.47 Å². The second-order valence-corrected chi connectivity index (χ2v) is 8.13. The highest BCUT2D eigenvalue weighted by atomic mass is 16.6. The Hall–Kier alpha value is -2.97. The molecule has 1 saturated carbocycles. The zero-order valence-corrected chi connectivity index (χ0v) is 19.1. The van der Waals surface area contributed by atoms with Gasteiger partial charge in [0.25, 0.3) is 5.91 Å². The van der Waals surface area contributed by atoms with Gasteiger partial charge in [0.05, 0.1) is 6.61 Å². The molecule has 9 nitrogen and oxygen atoms in total. The molecule has 1 aromatic carbocycles. The van der Waals surface area contributed by atoms with E-state index in [2.05, 4.69) is 20.9 Å². The molecule has 2 aliphatic rings. The van der Waals surface area contributed by atoms with Gasteiger partial charge in [-0.15, -0.1) is 0 Å². The third kappa shape index (κ3) is 7.94. The molecule has 0 bridgehead atoms. The normalized spacial score (nSPS) is 16.9. The van der Waals surface area contributed by atoms with Crippen molar-refractivity contribution in [1.82, 2.24) is 20.9 Å². The monoisotopic (exact) mass is 445 g/mol. The quantitative estimate of drug-likeness (QED) is 0.395. The van der Waals surface area contributed by atoms with Gasteiger partial charge < -0.3 is 30.3 Å². The van der Waals surface area contributed by atoms with Crippen LogP contribution in [0.5, 0.6) is 5.75 Å². The SMILES string of the molecule is CCOC(=O)N1CCC(NC(=NC)NCCc2ccc(OCC(=O)NC3CC3)cc2)CC1. The van der Waals surface area contributed by atoms with Crippen LogP contribution in [-0.4, -0.2) is 74.8 Å². The van der Waals surface area contributed by atoms with Crippen LogP contribution < -0.4 is 20.7 Å². The molecule has 0 spiro atoms. The summed E-state index contributed by atoms with van der Waals surface area (Å²) in [6.07, 6.45) is 4.47. The minimum Gasteiger partial charge on any atom is -0.484 e. The predicted octanol–water partition coefficient (Wildman–Crippen LogP) is 1.67. The van der Waals surface area contributed by atoms with Crippen molar-refractivity contribution in [3.05, 3.63) is 29.8 Å². The standard InChI is InChI=1S/C23H35N5O4/c1-3-31-23(30)28-14-11-19(12-15-28)27-22(24-2)25-13-10-17-4-8-20(9-5-17)32-16-21(29)26-18-6-7-18/h4-5,8-9,18-19H,3,6-7,10-16H2,1-2H3,(H,26,29)(H2,24,25,27). The summed E-state index contributed by atoms with van der Waals surface area (Å²) in [5, 5.41) is 9.70. The molecule has 9 heteroatoms. The average Bonchev–Trinajstić information content (AvgIpc) is 3.62. The number of aliphatic imine (C=N–C) groups is 1. The molecule has 1 heterocycles. The number of amides is 2. The Bertz CT molecular complexity index is 771. The fourth-order valence-corrected chi connectivity index (χ4v) is 3.53. The number of hydrogen-bond acceptors (Lipinski definition) is 5. The van der Waals surface area contributed by atoms with E-state index in [-0.39, 0.29) is 24.6 Å². The van der Waals surface area contributed by atoms with E-state index in [9.17, 15) is 9.59 Å². The predicted molar refractivity (Wildman–Crippen MR) is 123 cm³/mol. The Labute approximate surface area is 189 Å². The molecule has 1 aliphatic heterocycles. The van der Waals surface area contributed by atoms with Gasteiger partial charge in [-0.1, -0.05) is 12.1 Å². The van der Waals surface area contributed by atoms with Gasteiger partial charge in [-0.2, -0.15) is 0 Å². The van der Waals surface area contributed by atoms with E-state index in [1.54, 1.807) is 11.9 Å². The molecule has 1 saturated heterocycles. The Morgan fingerprint density at radius 1 is 1.06 bits per heavy atom. The molecule has 0 aromatic heterocycles. The molecule has 176 valence electrons. The van der Waals surface area contributed by atoms with Crippen molar-refractivity contribution < 1.29 is 19.1 Å². The Kier molecular flexibility index (Phi) is 9.01. The van der Waals surface area contributed by atoms with Crippen molar-refractivity contribution in [3.63, 3.8) is 0 Å². The van der Waals surface area contributed by atoms with Gasteiger partial charge in [-0.05, 0) is 56.7 Å². The number of rotatable bonds is 9. The number of hydrogen-bond donors (Lipinski definition) is 3. The molecule has 32 heavy (non-hydrogen) atoms. The van der Waals surface area contributed by atoms with E-state index in [0.29, 0.717) is 31.5 Å². The number of nitrogens with zero attached hydrogens (tertiary/aromatic N) is 2. The van der Waals surface area contributed by atoms with Crippen LogP contribution in [0.15, 0.2) is 29.3 Å². The lowest BCUT2D eigenvalue weighted by molar-refractivity contribution is -0.123. The van der Waals surface area contributed by atoms with Crippen LogP contribution in [0.25, 0.3) is 0 Å². The summed E-state index contributed by atoms with van der Waals surface area (Å²) < 4.78 is 10.6. The summed E-state index contributed by atoms with van der Waals surface area (Å²) in [4.78, 5) is 29.6. The number of carbonyl (C=O) groups excluding carboxylic acids is 2. The maximum Gasteiger partial charge on any atom is 0.409 e. The molecule has 1 aromatic rings. The maximum atomic E-state index is 11.8. The van der Waals surface area contributed by atoms with Crippen LogP contribution in [0, 0.1) is 0 Å². The summed E-state index contributed by atoms with van der Waals surface area (Å²) in [6.45, 7) is 4.39. The lowest BCUT2D eigenvalue weighted by Gasteiger charge is -2.32. The fourth-order valence-electron chi connectivity index (χ4n) is 3.53. The lowest BCUT2D eigenvalue weighted by atomic mass is 10.1. The van der Waals surface area contributed by atoms with Gasteiger partial charge in [-0.25, -0.2) is 4.79 Å². The number of piperidine rings is 1. The zero-order valence-electron chi connectivity index (χ0n) is 19.1. The van der Waals surface area contributed by atoms with Crippen LogP contribution in [0.3, 0.4) is 0 Å². The number of benzene rings is 1. The Balaban J connectivity index is 1.32. The van der Waals surface area contributed by atoms with Gasteiger partial charge >= 0.3 is 6.09 Å². The summed E-state index contributed by atoms with van der Waals surface area (Å²) >= 11 is 0. The van der Waals surface area contributed by atoms with E-state index < -0.39 is 0 Å². The number of guanidine groups is 1. The second-order valence-electron chi connectivity index (χ2n) is 8.13. The van der Waals surface area contributed by atoms with Gasteiger partial charge in [0.2, 0.25) is 0 Å². The van der Waals surface area contributed by atoms with Crippen molar-refractivity contribution >= 4 is 18.0 Å². The molecule has 0 unspecified atom stereocenters. The van der Waals surface area contributed by atoms with Gasteiger partial charge in [-0.3, -0.25) is 9.79 Å². The molecular formula is C23H35N5O4. The number of nitrogens with one attached hydrogen (secondary N) is 3. The van der Waals surface area contributed by atoms with Gasteiger partial charge in [0.15, 0.2) is 12.6 Å². The minimum absolute atomic E-state index is 0.0537. The highest BCUT2D eigenvalue weighted by Gasteiger charge is 2.24. The maximum absolute atomic E-state index is 11.8. The first-order chi connectivity index (χ1) is 15.6. The Morgan fingerprint density at radius 3 is 2.38 bits per heavy atom. The topological polar surface area (TPSA) is 104 Å². The van der Waals surface area contributed by atoms with E-state index in [0.717, 1.165) is 44.6 Å². The number of carbonyl (C=O) groups is 2. The average molecular weight is 446 g/mol. The minimum atomic E-state index is -0.230. The highest BCUT2D eigenvalue weighted by molar-refractivity contribution is 5.80. The second kappa shape index (κ2) is 12.2. The smallest absolute Gasteiger partial charge is 0.409 e. The summed E-state index contributed by atoms with van der Waals surface area (Å²) in [7, 11) is 1.76. The van der Waals surface area contributed by atoms with Crippen LogP contribution in [-0.2, 0) is 16.0 Å². The molecule has 0 atom stereocenters. The number of likely N-dealkylation sites (tertiary alicyclic amines) is 1. The molecule has 3 rings (SSSR count). The highest BCUT2D eigenvalue weighted by Crippen LogP contribution is 2.18. The summed E-state index contributed by atoms with van der Waals surface area (Å²) in [5.41, 5.74) is 1.17. The van der Waals surface area contributed by atoms with Crippen molar-refractivity contribution in [2.45, 2.75) is 51.1 Å². The zero-order chi connectivity index (χ0) is 22.8. The third-order valence-electron chi connectivity index (χ3n) is 5.53. The fraction of sp³-hybridized carbons (Fsp3) is 0.609. The van der Waals surface area contributed by atoms with Gasteiger partial charge in [0.1, 0.15) is 5.75 Å². The first kappa shape index (κ1) is 23.7. The van der Waals surface area contributed by atoms with Gasteiger partial charge in [0, 0.05) is 38.8 Å². The molecule has 2 amide bonds. The lowest BCUT2D eigenvalue weighted by Crippen LogP contribution is -2.50. The summed E-state index contributed by atoms with van der Waals surface area (Å²) in [6, 6.07) is 8.44. The third-order valence-corrected chi connectivity index (χ3v) is 5.53. The van der Waals surface area contributed by atoms with Crippen molar-refractivity contribution in [1.29, 1.82) is 0 Å². The van der Waals surface area contributed by atoms with E-state index in [1.807, 2.05) is 31.2 Å². The molecular weight excluding hydrogens is 410 g/mol.